The molecule has 5 nitrogen and oxygen atoms in total. The van der Waals surface area contributed by atoms with Crippen LogP contribution in [0.5, 0.6) is 0 Å². The molecule has 1 amide bonds. The highest BCUT2D eigenvalue weighted by atomic mass is 19.1. The van der Waals surface area contributed by atoms with E-state index in [0.717, 1.165) is 28.0 Å². The molecule has 1 atom stereocenters. The lowest BCUT2D eigenvalue weighted by atomic mass is 9.94. The van der Waals surface area contributed by atoms with Crippen LogP contribution in [-0.2, 0) is 11.4 Å². The minimum absolute atomic E-state index is 0.212. The van der Waals surface area contributed by atoms with E-state index >= 15 is 0 Å². The number of aryl methyl sites for hydroxylation is 2. The normalized spacial score (nSPS) is 15.4. The van der Waals surface area contributed by atoms with E-state index in [1.165, 1.54) is 6.07 Å². The molecule has 2 heterocycles. The van der Waals surface area contributed by atoms with Gasteiger partial charge in [0.15, 0.2) is 6.10 Å². The second kappa shape index (κ2) is 11.6. The molecular weight excluding hydrogens is 465 g/mol. The van der Waals surface area contributed by atoms with Crippen LogP contribution >= 0.6 is 0 Å². The van der Waals surface area contributed by atoms with Crippen molar-refractivity contribution in [3.63, 3.8) is 0 Å². The number of nitrogens with zero attached hydrogens (tertiary/aromatic N) is 2. The summed E-state index contributed by atoms with van der Waals surface area (Å²) in [5, 5.41) is 7.25. The summed E-state index contributed by atoms with van der Waals surface area (Å²) in [5.74, 6) is -0.609. The Morgan fingerprint density at radius 1 is 1.14 bits per heavy atom. The number of aromatic nitrogens is 1. The molecule has 1 aromatic heterocycles. The summed E-state index contributed by atoms with van der Waals surface area (Å²) in [6.07, 6.45) is 9.48. The Balaban J connectivity index is 1.64. The number of benzene rings is 2. The Morgan fingerprint density at radius 2 is 1.95 bits per heavy atom. The van der Waals surface area contributed by atoms with Gasteiger partial charge in [0.1, 0.15) is 5.82 Å². The van der Waals surface area contributed by atoms with Crippen LogP contribution in [0.1, 0.15) is 46.1 Å². The second-order valence-electron chi connectivity index (χ2n) is 9.14. The summed E-state index contributed by atoms with van der Waals surface area (Å²) >= 11 is 0. The number of carbonyl (C=O) groups excluding carboxylic acids is 1. The van der Waals surface area contributed by atoms with E-state index in [4.69, 9.17) is 4.84 Å². The summed E-state index contributed by atoms with van der Waals surface area (Å²) in [6, 6.07) is 14.2. The second-order valence-corrected chi connectivity index (χ2v) is 9.14. The van der Waals surface area contributed by atoms with Gasteiger partial charge >= 0.3 is 0 Å². The minimum atomic E-state index is -0.343. The molecule has 0 saturated carbocycles. The van der Waals surface area contributed by atoms with Crippen molar-refractivity contribution in [2.24, 2.45) is 5.16 Å². The molecule has 4 rings (SSSR count). The van der Waals surface area contributed by atoms with Gasteiger partial charge in [-0.15, -0.1) is 0 Å². The Kier molecular flexibility index (Phi) is 8.08. The van der Waals surface area contributed by atoms with E-state index in [0.29, 0.717) is 35.4 Å². The lowest BCUT2D eigenvalue weighted by Crippen LogP contribution is -2.23. The Labute approximate surface area is 217 Å². The van der Waals surface area contributed by atoms with Crippen LogP contribution in [0.4, 0.5) is 4.39 Å². The van der Waals surface area contributed by atoms with E-state index < -0.39 is 0 Å². The number of amides is 1. The topological polar surface area (TPSA) is 63.6 Å². The van der Waals surface area contributed by atoms with Crippen LogP contribution in [0.2, 0.25) is 0 Å². The van der Waals surface area contributed by atoms with Crippen molar-refractivity contribution in [2.45, 2.75) is 39.8 Å². The largest absolute Gasteiger partial charge is 0.387 e. The Morgan fingerprint density at radius 3 is 2.68 bits per heavy atom. The number of nitrogens with one attached hydrogen (secondary N) is 1. The van der Waals surface area contributed by atoms with Gasteiger partial charge in [-0.3, -0.25) is 9.78 Å². The molecule has 0 aliphatic carbocycles. The molecule has 1 aliphatic rings. The number of allylic oxidation sites excluding steroid dienone is 4. The summed E-state index contributed by atoms with van der Waals surface area (Å²) in [7, 11) is 0. The molecular formula is C31H30FN3O2. The number of rotatable bonds is 8. The van der Waals surface area contributed by atoms with Crippen molar-refractivity contribution in [3.05, 3.63) is 125 Å². The first-order valence-electron chi connectivity index (χ1n) is 12.1. The van der Waals surface area contributed by atoms with Gasteiger partial charge in [-0.1, -0.05) is 54.2 Å². The molecule has 188 valence electrons. The maximum atomic E-state index is 14.9. The molecule has 1 N–H and O–H groups in total. The maximum Gasteiger partial charge on any atom is 0.251 e. The number of oxime groups is 1. The Hall–Kier alpha value is -4.32. The van der Waals surface area contributed by atoms with E-state index in [-0.39, 0.29) is 17.8 Å². The highest BCUT2D eigenvalue weighted by Crippen LogP contribution is 2.29. The smallest absolute Gasteiger partial charge is 0.251 e. The van der Waals surface area contributed by atoms with Gasteiger partial charge in [-0.2, -0.15) is 0 Å². The van der Waals surface area contributed by atoms with Gasteiger partial charge in [0.05, 0.1) is 5.71 Å². The minimum Gasteiger partial charge on any atom is -0.387 e. The molecule has 6 heteroatoms. The third-order valence-electron chi connectivity index (χ3n) is 6.17. The van der Waals surface area contributed by atoms with Crippen molar-refractivity contribution in [2.75, 3.05) is 0 Å². The molecule has 2 aromatic carbocycles. The quantitative estimate of drug-likeness (QED) is 0.358. The standard InChI is InChI=1S/C31H30FN3O2/c1-5-6-7-8-21(3)30-17-29(35-37-30)25-14-24(27-12-9-20(2)13-28(27)32)15-26(16-25)31(36)34-19-23-11-10-22(4)33-18-23/h5-16,18,30H,1,17,19H2,2-4H3,(H,34,36)/b7-6-,21-8+. The predicted octanol–water partition coefficient (Wildman–Crippen LogP) is 6.62. The van der Waals surface area contributed by atoms with Crippen LogP contribution < -0.4 is 5.32 Å². The summed E-state index contributed by atoms with van der Waals surface area (Å²) in [4.78, 5) is 23.1. The molecule has 0 radical (unpaired) electrons. The molecule has 37 heavy (non-hydrogen) atoms. The van der Waals surface area contributed by atoms with Crippen molar-refractivity contribution >= 4 is 11.6 Å². The maximum absolute atomic E-state index is 14.9. The first-order valence-corrected chi connectivity index (χ1v) is 12.1. The number of halogens is 1. The van der Waals surface area contributed by atoms with Crippen molar-refractivity contribution < 1.29 is 14.0 Å². The van der Waals surface area contributed by atoms with E-state index in [1.54, 1.807) is 30.5 Å². The average Bonchev–Trinajstić information content (AvgIpc) is 3.39. The fourth-order valence-corrected chi connectivity index (χ4v) is 4.01. The van der Waals surface area contributed by atoms with Crippen LogP contribution in [0, 0.1) is 19.7 Å². The van der Waals surface area contributed by atoms with Crippen LogP contribution in [0.3, 0.4) is 0 Å². The molecule has 0 spiro atoms. The number of carbonyl (C=O) groups is 1. The fraction of sp³-hybridized carbons (Fsp3) is 0.194. The number of hydrogen-bond donors (Lipinski definition) is 1. The SMILES string of the molecule is C=C/C=C\C=C(/C)C1CC(c2cc(C(=O)NCc3ccc(C)nc3)cc(-c3ccc(C)cc3F)c2)=NO1. The number of hydrogen-bond acceptors (Lipinski definition) is 4. The highest BCUT2D eigenvalue weighted by Gasteiger charge is 2.25. The molecule has 1 unspecified atom stereocenters. The van der Waals surface area contributed by atoms with Crippen molar-refractivity contribution in [1.29, 1.82) is 0 Å². The van der Waals surface area contributed by atoms with Gasteiger partial charge in [0.2, 0.25) is 0 Å². The van der Waals surface area contributed by atoms with Crippen LogP contribution in [0.15, 0.2) is 96.3 Å². The summed E-state index contributed by atoms with van der Waals surface area (Å²) in [5.41, 5.74) is 6.51. The monoisotopic (exact) mass is 495 g/mol. The van der Waals surface area contributed by atoms with E-state index in [2.05, 4.69) is 22.0 Å². The van der Waals surface area contributed by atoms with Gasteiger partial charge in [0.25, 0.3) is 5.91 Å². The first-order chi connectivity index (χ1) is 17.8. The number of pyridine rings is 1. The molecule has 0 fully saturated rings. The van der Waals surface area contributed by atoms with Gasteiger partial charge in [-0.25, -0.2) is 4.39 Å². The average molecular weight is 496 g/mol. The molecule has 0 bridgehead atoms. The zero-order chi connectivity index (χ0) is 26.4. The van der Waals surface area contributed by atoms with Gasteiger partial charge in [0, 0.05) is 41.5 Å². The molecule has 0 saturated heterocycles. The first kappa shape index (κ1) is 25.8. The van der Waals surface area contributed by atoms with E-state index in [1.807, 2.05) is 63.3 Å². The van der Waals surface area contributed by atoms with E-state index in [9.17, 15) is 9.18 Å². The lowest BCUT2D eigenvalue weighted by Gasteiger charge is -2.12. The Bertz CT molecular complexity index is 1400. The zero-order valence-electron chi connectivity index (χ0n) is 21.3. The van der Waals surface area contributed by atoms with Crippen molar-refractivity contribution in [3.8, 4) is 11.1 Å². The fourth-order valence-electron chi connectivity index (χ4n) is 4.01. The molecule has 1 aliphatic heterocycles. The van der Waals surface area contributed by atoms with Gasteiger partial charge in [-0.05, 0) is 73.4 Å². The zero-order valence-corrected chi connectivity index (χ0v) is 21.3. The predicted molar refractivity (Wildman–Crippen MR) is 146 cm³/mol. The summed E-state index contributed by atoms with van der Waals surface area (Å²) < 4.78 is 14.9. The third kappa shape index (κ3) is 6.47. The third-order valence-corrected chi connectivity index (χ3v) is 6.17. The van der Waals surface area contributed by atoms with Crippen LogP contribution in [0.25, 0.3) is 11.1 Å². The van der Waals surface area contributed by atoms with Crippen molar-refractivity contribution in [1.82, 2.24) is 10.3 Å². The highest BCUT2D eigenvalue weighted by molar-refractivity contribution is 6.05. The van der Waals surface area contributed by atoms with Crippen LogP contribution in [-0.4, -0.2) is 22.7 Å². The molecule has 3 aromatic rings. The van der Waals surface area contributed by atoms with Gasteiger partial charge < -0.3 is 10.2 Å². The summed E-state index contributed by atoms with van der Waals surface area (Å²) in [6.45, 7) is 9.74. The lowest BCUT2D eigenvalue weighted by molar-refractivity contribution is 0.0951.